The summed E-state index contributed by atoms with van der Waals surface area (Å²) in [7, 11) is 0. The van der Waals surface area contributed by atoms with E-state index in [4.69, 9.17) is 17.3 Å². The lowest BCUT2D eigenvalue weighted by atomic mass is 10.1. The second-order valence-corrected chi connectivity index (χ2v) is 4.21. The van der Waals surface area contributed by atoms with Gasteiger partial charge in [0.2, 0.25) is 0 Å². The van der Waals surface area contributed by atoms with Crippen LogP contribution in [0.2, 0.25) is 5.02 Å². The Morgan fingerprint density at radius 3 is 2.69 bits per heavy atom. The zero-order valence-corrected chi connectivity index (χ0v) is 9.06. The van der Waals surface area contributed by atoms with Gasteiger partial charge >= 0.3 is 0 Å². The third kappa shape index (κ3) is 1.64. The fourth-order valence-corrected chi connectivity index (χ4v) is 1.92. The van der Waals surface area contributed by atoms with E-state index in [0.29, 0.717) is 10.7 Å². The second kappa shape index (κ2) is 3.20. The number of halogens is 2. The highest BCUT2D eigenvalue weighted by molar-refractivity contribution is 9.10. The number of fused-ring (bicyclic) bond motifs is 1. The summed E-state index contributed by atoms with van der Waals surface area (Å²) in [5.74, 6) is 0. The van der Waals surface area contributed by atoms with Gasteiger partial charge in [0, 0.05) is 20.6 Å². The Morgan fingerprint density at radius 1 is 1.15 bits per heavy atom. The lowest BCUT2D eigenvalue weighted by Crippen LogP contribution is -1.86. The number of benzene rings is 2. The van der Waals surface area contributed by atoms with Crippen molar-refractivity contribution in [3.63, 3.8) is 0 Å². The number of rotatable bonds is 0. The average molecular weight is 257 g/mol. The van der Waals surface area contributed by atoms with Crippen molar-refractivity contribution in [2.75, 3.05) is 5.73 Å². The van der Waals surface area contributed by atoms with E-state index in [1.54, 1.807) is 6.07 Å². The summed E-state index contributed by atoms with van der Waals surface area (Å²) < 4.78 is 1.02. The van der Waals surface area contributed by atoms with Crippen molar-refractivity contribution >= 4 is 44.0 Å². The van der Waals surface area contributed by atoms with Gasteiger partial charge in [-0.3, -0.25) is 0 Å². The fraction of sp³-hybridized carbons (Fsp3) is 0. The average Bonchev–Trinajstić information content (AvgIpc) is 2.06. The van der Waals surface area contributed by atoms with Crippen LogP contribution < -0.4 is 5.73 Å². The maximum Gasteiger partial charge on any atom is 0.0432 e. The summed E-state index contributed by atoms with van der Waals surface area (Å²) in [6.45, 7) is 0. The van der Waals surface area contributed by atoms with Gasteiger partial charge < -0.3 is 5.73 Å². The third-order valence-corrected chi connectivity index (χ3v) is 2.62. The van der Waals surface area contributed by atoms with Crippen molar-refractivity contribution in [2.24, 2.45) is 0 Å². The van der Waals surface area contributed by atoms with E-state index < -0.39 is 0 Å². The summed E-state index contributed by atoms with van der Waals surface area (Å²) in [4.78, 5) is 0. The Morgan fingerprint density at radius 2 is 1.92 bits per heavy atom. The van der Waals surface area contributed by atoms with Crippen LogP contribution in [0.1, 0.15) is 0 Å². The van der Waals surface area contributed by atoms with Crippen LogP contribution in [-0.2, 0) is 0 Å². The van der Waals surface area contributed by atoms with Crippen molar-refractivity contribution < 1.29 is 0 Å². The van der Waals surface area contributed by atoms with Crippen LogP contribution in [0.25, 0.3) is 10.8 Å². The predicted molar refractivity (Wildman–Crippen MR) is 61.1 cm³/mol. The first-order chi connectivity index (χ1) is 6.16. The van der Waals surface area contributed by atoms with Gasteiger partial charge in [0.25, 0.3) is 0 Å². The lowest BCUT2D eigenvalue weighted by Gasteiger charge is -2.03. The predicted octanol–water partition coefficient (Wildman–Crippen LogP) is 3.84. The van der Waals surface area contributed by atoms with E-state index in [1.807, 2.05) is 24.3 Å². The smallest absolute Gasteiger partial charge is 0.0432 e. The summed E-state index contributed by atoms with van der Waals surface area (Å²) in [5, 5.41) is 2.76. The van der Waals surface area contributed by atoms with Crippen molar-refractivity contribution in [3.8, 4) is 0 Å². The molecule has 2 aromatic carbocycles. The Labute approximate surface area is 89.6 Å². The molecule has 1 nitrogen and oxygen atoms in total. The molecule has 0 bridgehead atoms. The monoisotopic (exact) mass is 255 g/mol. The van der Waals surface area contributed by atoms with E-state index in [9.17, 15) is 0 Å². The Bertz CT molecular complexity index is 468. The molecule has 0 aliphatic rings. The molecule has 0 aliphatic heterocycles. The zero-order chi connectivity index (χ0) is 9.42. The first-order valence-electron chi connectivity index (χ1n) is 3.81. The van der Waals surface area contributed by atoms with Gasteiger partial charge in [-0.1, -0.05) is 33.6 Å². The molecule has 0 radical (unpaired) electrons. The quantitative estimate of drug-likeness (QED) is 0.712. The van der Waals surface area contributed by atoms with Gasteiger partial charge in [-0.15, -0.1) is 0 Å². The van der Waals surface area contributed by atoms with E-state index in [1.165, 1.54) is 0 Å². The fourth-order valence-electron chi connectivity index (χ4n) is 1.32. The van der Waals surface area contributed by atoms with Crippen molar-refractivity contribution in [1.29, 1.82) is 0 Å². The minimum Gasteiger partial charge on any atom is -0.398 e. The lowest BCUT2D eigenvalue weighted by molar-refractivity contribution is 1.69. The Balaban J connectivity index is 2.87. The number of nitrogen functional groups attached to an aromatic ring is 1. The summed E-state index contributed by atoms with van der Waals surface area (Å²) in [5.41, 5.74) is 6.53. The molecule has 2 rings (SSSR count). The van der Waals surface area contributed by atoms with Gasteiger partial charge in [-0.2, -0.15) is 0 Å². The van der Waals surface area contributed by atoms with E-state index in [2.05, 4.69) is 15.9 Å². The molecule has 0 aromatic heterocycles. The van der Waals surface area contributed by atoms with Crippen LogP contribution in [0.5, 0.6) is 0 Å². The zero-order valence-electron chi connectivity index (χ0n) is 6.72. The summed E-state index contributed by atoms with van der Waals surface area (Å²) in [6, 6.07) is 9.61. The number of hydrogen-bond donors (Lipinski definition) is 1. The molecule has 0 saturated heterocycles. The van der Waals surface area contributed by atoms with Crippen LogP contribution in [0.3, 0.4) is 0 Å². The Kier molecular flexibility index (Phi) is 2.18. The van der Waals surface area contributed by atoms with E-state index >= 15 is 0 Å². The molecular formula is C10H7BrClN. The highest BCUT2D eigenvalue weighted by Crippen LogP contribution is 2.28. The second-order valence-electron chi connectivity index (χ2n) is 2.86. The van der Waals surface area contributed by atoms with Crippen LogP contribution >= 0.6 is 27.5 Å². The summed E-state index contributed by atoms with van der Waals surface area (Å²) >= 11 is 9.27. The first kappa shape index (κ1) is 8.85. The SMILES string of the molecule is Nc1cc(Cl)cc2ccc(Br)cc12. The molecule has 0 saturated carbocycles. The van der Waals surface area contributed by atoms with Crippen LogP contribution in [0, 0.1) is 0 Å². The van der Waals surface area contributed by atoms with Crippen LogP contribution in [0.4, 0.5) is 5.69 Å². The van der Waals surface area contributed by atoms with Gasteiger partial charge in [-0.25, -0.2) is 0 Å². The standard InChI is InChI=1S/C10H7BrClN/c11-7-2-1-6-3-8(12)5-10(13)9(6)4-7/h1-5H,13H2. The maximum atomic E-state index is 5.87. The number of nitrogens with two attached hydrogens (primary N) is 1. The molecule has 0 heterocycles. The van der Waals surface area contributed by atoms with Crippen molar-refractivity contribution in [1.82, 2.24) is 0 Å². The molecule has 0 unspecified atom stereocenters. The van der Waals surface area contributed by atoms with Crippen LogP contribution in [-0.4, -0.2) is 0 Å². The molecule has 0 atom stereocenters. The number of hydrogen-bond acceptors (Lipinski definition) is 1. The molecule has 2 aromatic rings. The summed E-state index contributed by atoms with van der Waals surface area (Å²) in [6.07, 6.45) is 0. The Hall–Kier alpha value is -0.730. The van der Waals surface area contributed by atoms with Crippen LogP contribution in [0.15, 0.2) is 34.8 Å². The molecule has 0 aliphatic carbocycles. The molecule has 0 amide bonds. The van der Waals surface area contributed by atoms with E-state index in [-0.39, 0.29) is 0 Å². The highest BCUT2D eigenvalue weighted by Gasteiger charge is 2.00. The van der Waals surface area contributed by atoms with Crippen molar-refractivity contribution in [2.45, 2.75) is 0 Å². The maximum absolute atomic E-state index is 5.87. The molecule has 3 heteroatoms. The topological polar surface area (TPSA) is 26.0 Å². The molecule has 13 heavy (non-hydrogen) atoms. The van der Waals surface area contributed by atoms with E-state index in [0.717, 1.165) is 15.2 Å². The van der Waals surface area contributed by atoms with Crippen molar-refractivity contribution in [3.05, 3.63) is 39.8 Å². The molecule has 2 N–H and O–H groups in total. The normalized spacial score (nSPS) is 10.6. The minimum absolute atomic E-state index is 0.673. The molecule has 66 valence electrons. The molecule has 0 spiro atoms. The minimum atomic E-state index is 0.673. The third-order valence-electron chi connectivity index (χ3n) is 1.91. The van der Waals surface area contributed by atoms with Gasteiger partial charge in [-0.05, 0) is 29.7 Å². The molecule has 0 fully saturated rings. The van der Waals surface area contributed by atoms with Gasteiger partial charge in [0.15, 0.2) is 0 Å². The first-order valence-corrected chi connectivity index (χ1v) is 4.98. The van der Waals surface area contributed by atoms with Gasteiger partial charge in [0.1, 0.15) is 0 Å². The number of anilines is 1. The largest absolute Gasteiger partial charge is 0.398 e. The van der Waals surface area contributed by atoms with Gasteiger partial charge in [0.05, 0.1) is 0 Å². The molecular weight excluding hydrogens is 249 g/mol. The highest BCUT2D eigenvalue weighted by atomic mass is 79.9.